The van der Waals surface area contributed by atoms with Gasteiger partial charge in [0.2, 0.25) is 0 Å². The number of anilines is 1. The summed E-state index contributed by atoms with van der Waals surface area (Å²) in [7, 11) is 0. The van der Waals surface area contributed by atoms with Gasteiger partial charge in [-0.05, 0) is 55.3 Å². The van der Waals surface area contributed by atoms with Gasteiger partial charge in [0.05, 0.1) is 19.3 Å². The van der Waals surface area contributed by atoms with E-state index in [1.54, 1.807) is 53.4 Å². The highest BCUT2D eigenvalue weighted by atomic mass is 16.5. The van der Waals surface area contributed by atoms with Crippen LogP contribution in [-0.2, 0) is 9.47 Å². The van der Waals surface area contributed by atoms with Gasteiger partial charge < -0.3 is 24.4 Å². The van der Waals surface area contributed by atoms with Crippen LogP contribution in [0.1, 0.15) is 33.6 Å². The van der Waals surface area contributed by atoms with Gasteiger partial charge >= 0.3 is 0 Å². The largest absolute Gasteiger partial charge is 0.491 e. The van der Waals surface area contributed by atoms with Gasteiger partial charge in [-0.2, -0.15) is 0 Å². The van der Waals surface area contributed by atoms with Crippen LogP contribution in [0.4, 0.5) is 5.69 Å². The third-order valence-corrected chi connectivity index (χ3v) is 5.24. The Morgan fingerprint density at radius 2 is 1.83 bits per heavy atom. The van der Waals surface area contributed by atoms with Crippen LogP contribution in [0.5, 0.6) is 5.75 Å². The van der Waals surface area contributed by atoms with E-state index in [4.69, 9.17) is 14.2 Å². The number of ether oxygens (including phenoxy) is 3. The van der Waals surface area contributed by atoms with Gasteiger partial charge in [-0.3, -0.25) is 9.59 Å². The number of nitrogens with one attached hydrogen (secondary N) is 1. The van der Waals surface area contributed by atoms with Gasteiger partial charge in [0.25, 0.3) is 11.8 Å². The molecule has 2 aliphatic heterocycles. The number of morpholine rings is 1. The number of carbonyl (C=O) groups is 2. The predicted octanol–water partition coefficient (Wildman–Crippen LogP) is 2.97. The number of carbonyl (C=O) groups excluding carboxylic acids is 2. The van der Waals surface area contributed by atoms with Crippen LogP contribution in [0, 0.1) is 0 Å². The summed E-state index contributed by atoms with van der Waals surface area (Å²) < 4.78 is 16.6. The lowest BCUT2D eigenvalue weighted by molar-refractivity contribution is 0.0303. The fourth-order valence-electron chi connectivity index (χ4n) is 3.55. The topological polar surface area (TPSA) is 77.1 Å². The van der Waals surface area contributed by atoms with Gasteiger partial charge in [0.15, 0.2) is 0 Å². The molecule has 2 saturated heterocycles. The summed E-state index contributed by atoms with van der Waals surface area (Å²) in [6.07, 6.45) is 2.25. The molecule has 1 unspecified atom stereocenters. The Balaban J connectivity index is 1.34. The fourth-order valence-corrected chi connectivity index (χ4v) is 3.55. The number of hydrogen-bond acceptors (Lipinski definition) is 5. The van der Waals surface area contributed by atoms with Crippen molar-refractivity contribution in [2.75, 3.05) is 44.8 Å². The number of nitrogens with zero attached hydrogens (tertiary/aromatic N) is 1. The summed E-state index contributed by atoms with van der Waals surface area (Å²) in [6, 6.07) is 14.0. The molecule has 2 amide bonds. The molecule has 7 nitrogen and oxygen atoms in total. The van der Waals surface area contributed by atoms with Crippen LogP contribution in [0.3, 0.4) is 0 Å². The summed E-state index contributed by atoms with van der Waals surface area (Å²) in [5, 5.41) is 2.86. The van der Waals surface area contributed by atoms with Crippen molar-refractivity contribution in [1.82, 2.24) is 4.90 Å². The van der Waals surface area contributed by atoms with E-state index in [0.717, 1.165) is 19.4 Å². The molecule has 0 bridgehead atoms. The first-order valence-electron chi connectivity index (χ1n) is 10.3. The number of benzene rings is 2. The third-order valence-electron chi connectivity index (χ3n) is 5.24. The normalized spacial score (nSPS) is 18.8. The molecule has 1 atom stereocenters. The minimum Gasteiger partial charge on any atom is -0.491 e. The van der Waals surface area contributed by atoms with E-state index in [2.05, 4.69) is 5.32 Å². The van der Waals surface area contributed by atoms with Gasteiger partial charge in [0.1, 0.15) is 12.4 Å². The summed E-state index contributed by atoms with van der Waals surface area (Å²) in [6.45, 7) is 3.58. The highest BCUT2D eigenvalue weighted by Gasteiger charge is 2.19. The van der Waals surface area contributed by atoms with Crippen molar-refractivity contribution in [3.8, 4) is 5.75 Å². The average Bonchev–Trinajstić information content (AvgIpc) is 3.32. The first kappa shape index (κ1) is 20.4. The summed E-state index contributed by atoms with van der Waals surface area (Å²) in [4.78, 5) is 27.0. The Bertz CT molecular complexity index is 871. The maximum absolute atomic E-state index is 12.6. The molecule has 7 heteroatoms. The molecular weight excluding hydrogens is 384 g/mol. The third kappa shape index (κ3) is 5.17. The fraction of sp³-hybridized carbons (Fsp3) is 0.391. The SMILES string of the molecule is O=C(Nc1cccc(C(=O)N2CCOCC2)c1)c1ccc(OCC2CCCO2)cc1. The summed E-state index contributed by atoms with van der Waals surface area (Å²) in [5.41, 5.74) is 1.65. The number of amides is 2. The minimum atomic E-state index is -0.239. The number of rotatable bonds is 6. The van der Waals surface area contributed by atoms with Crippen molar-refractivity contribution >= 4 is 17.5 Å². The molecule has 0 radical (unpaired) electrons. The summed E-state index contributed by atoms with van der Waals surface area (Å²) >= 11 is 0. The zero-order chi connectivity index (χ0) is 20.8. The van der Waals surface area contributed by atoms with Crippen molar-refractivity contribution in [3.63, 3.8) is 0 Å². The lowest BCUT2D eigenvalue weighted by Gasteiger charge is -2.27. The lowest BCUT2D eigenvalue weighted by Crippen LogP contribution is -2.40. The van der Waals surface area contributed by atoms with E-state index < -0.39 is 0 Å². The predicted molar refractivity (Wildman–Crippen MR) is 112 cm³/mol. The van der Waals surface area contributed by atoms with Crippen molar-refractivity contribution < 1.29 is 23.8 Å². The molecule has 2 fully saturated rings. The first-order chi connectivity index (χ1) is 14.7. The van der Waals surface area contributed by atoms with Crippen molar-refractivity contribution in [1.29, 1.82) is 0 Å². The van der Waals surface area contributed by atoms with Crippen molar-refractivity contribution in [2.24, 2.45) is 0 Å². The molecule has 0 saturated carbocycles. The highest BCUT2D eigenvalue weighted by Crippen LogP contribution is 2.18. The zero-order valence-corrected chi connectivity index (χ0v) is 16.8. The Labute approximate surface area is 175 Å². The lowest BCUT2D eigenvalue weighted by atomic mass is 10.1. The molecule has 2 aromatic rings. The molecule has 2 aromatic carbocycles. The van der Waals surface area contributed by atoms with Crippen molar-refractivity contribution in [3.05, 3.63) is 59.7 Å². The Morgan fingerprint density at radius 3 is 2.57 bits per heavy atom. The van der Waals surface area contributed by atoms with E-state index in [0.29, 0.717) is 55.5 Å². The van der Waals surface area contributed by atoms with E-state index in [1.807, 2.05) is 0 Å². The maximum Gasteiger partial charge on any atom is 0.255 e. The second-order valence-corrected chi connectivity index (χ2v) is 7.41. The van der Waals surface area contributed by atoms with E-state index in [-0.39, 0.29) is 17.9 Å². The van der Waals surface area contributed by atoms with Gasteiger partial charge in [-0.25, -0.2) is 0 Å². The smallest absolute Gasteiger partial charge is 0.255 e. The first-order valence-corrected chi connectivity index (χ1v) is 10.3. The minimum absolute atomic E-state index is 0.0536. The standard InChI is InChI=1S/C23H26N2O5/c26-22(17-6-8-20(9-7-17)30-16-21-5-2-12-29-21)24-19-4-1-3-18(15-19)23(27)25-10-13-28-14-11-25/h1,3-4,6-9,15,21H,2,5,10-14,16H2,(H,24,26). The second kappa shape index (κ2) is 9.73. The van der Waals surface area contributed by atoms with Gasteiger partial charge in [-0.1, -0.05) is 6.07 Å². The van der Waals surface area contributed by atoms with Gasteiger partial charge in [0, 0.05) is 36.5 Å². The van der Waals surface area contributed by atoms with Crippen LogP contribution in [-0.4, -0.2) is 62.3 Å². The van der Waals surface area contributed by atoms with E-state index in [9.17, 15) is 9.59 Å². The molecule has 158 valence electrons. The molecule has 0 aliphatic carbocycles. The summed E-state index contributed by atoms with van der Waals surface area (Å²) in [5.74, 6) is 0.416. The van der Waals surface area contributed by atoms with E-state index >= 15 is 0 Å². The number of hydrogen-bond donors (Lipinski definition) is 1. The zero-order valence-electron chi connectivity index (χ0n) is 16.8. The Morgan fingerprint density at radius 1 is 1.03 bits per heavy atom. The van der Waals surface area contributed by atoms with Crippen LogP contribution < -0.4 is 10.1 Å². The molecule has 2 heterocycles. The second-order valence-electron chi connectivity index (χ2n) is 7.41. The quantitative estimate of drug-likeness (QED) is 0.792. The molecule has 4 rings (SSSR count). The molecule has 30 heavy (non-hydrogen) atoms. The van der Waals surface area contributed by atoms with Crippen LogP contribution in [0.15, 0.2) is 48.5 Å². The maximum atomic E-state index is 12.6. The Hall–Kier alpha value is -2.90. The molecule has 2 aliphatic rings. The molecule has 0 aromatic heterocycles. The Kier molecular flexibility index (Phi) is 6.61. The average molecular weight is 410 g/mol. The molecule has 0 spiro atoms. The van der Waals surface area contributed by atoms with Crippen molar-refractivity contribution in [2.45, 2.75) is 18.9 Å². The van der Waals surface area contributed by atoms with Crippen LogP contribution >= 0.6 is 0 Å². The van der Waals surface area contributed by atoms with Crippen LogP contribution in [0.2, 0.25) is 0 Å². The molecular formula is C23H26N2O5. The monoisotopic (exact) mass is 410 g/mol. The van der Waals surface area contributed by atoms with Gasteiger partial charge in [-0.15, -0.1) is 0 Å². The van der Waals surface area contributed by atoms with E-state index in [1.165, 1.54) is 0 Å². The van der Waals surface area contributed by atoms with Crippen LogP contribution in [0.25, 0.3) is 0 Å². The highest BCUT2D eigenvalue weighted by molar-refractivity contribution is 6.05. The molecule has 1 N–H and O–H groups in total.